The normalized spacial score (nSPS) is 18.1. The van der Waals surface area contributed by atoms with E-state index < -0.39 is 5.60 Å². The lowest BCUT2D eigenvalue weighted by Crippen LogP contribution is -2.27. The average Bonchev–Trinajstić information content (AvgIpc) is 3.71. The van der Waals surface area contributed by atoms with Crippen LogP contribution in [-0.2, 0) is 16.1 Å². The zero-order valence-corrected chi connectivity index (χ0v) is 17.7. The van der Waals surface area contributed by atoms with E-state index >= 15 is 0 Å². The van der Waals surface area contributed by atoms with E-state index in [4.69, 9.17) is 18.9 Å². The van der Waals surface area contributed by atoms with Crippen molar-refractivity contribution < 1.29 is 28.5 Å². The maximum Gasteiger partial charge on any atom is 0.309 e. The second-order valence-electron chi connectivity index (χ2n) is 8.40. The van der Waals surface area contributed by atoms with E-state index in [1.165, 1.54) is 0 Å². The van der Waals surface area contributed by atoms with Crippen LogP contribution in [0.15, 0.2) is 30.3 Å². The van der Waals surface area contributed by atoms with Gasteiger partial charge in [-0.2, -0.15) is 0 Å². The predicted octanol–water partition coefficient (Wildman–Crippen LogP) is 3.48. The molecule has 0 atom stereocenters. The zero-order valence-electron chi connectivity index (χ0n) is 17.7. The number of carbonyl (C=O) groups excluding carboxylic acids is 2. The first kappa shape index (κ1) is 19.7. The van der Waals surface area contributed by atoms with Gasteiger partial charge in [0.1, 0.15) is 12.2 Å². The number of hydrogen-bond acceptors (Lipinski definition) is 6. The smallest absolute Gasteiger partial charge is 0.309 e. The Morgan fingerprint density at radius 1 is 1.06 bits per heavy atom. The highest BCUT2D eigenvalue weighted by atomic mass is 16.6. The molecule has 7 nitrogen and oxygen atoms in total. The van der Waals surface area contributed by atoms with Crippen LogP contribution in [-0.4, -0.2) is 38.3 Å². The molecule has 1 aliphatic heterocycles. The standard InChI is InChI=1S/C24H25NO6/c1-28-19-8-7-17(15-5-6-18-16(11-15)12-25-22(18)26)20(21(19)29-2)30-13-24(9-10-24)31-23(27)14-3-4-14/h5-8,11,14H,3-4,9-10,12-13H2,1-2H3,(H,25,26). The lowest BCUT2D eigenvalue weighted by atomic mass is 9.99. The third-order valence-electron chi connectivity index (χ3n) is 6.12. The van der Waals surface area contributed by atoms with Crippen molar-refractivity contribution in [3.63, 3.8) is 0 Å². The second kappa shape index (κ2) is 7.48. The first-order chi connectivity index (χ1) is 15.0. The van der Waals surface area contributed by atoms with Crippen LogP contribution in [0.4, 0.5) is 0 Å². The van der Waals surface area contributed by atoms with Gasteiger partial charge in [0.15, 0.2) is 11.5 Å². The Morgan fingerprint density at radius 2 is 1.84 bits per heavy atom. The average molecular weight is 423 g/mol. The minimum Gasteiger partial charge on any atom is -0.493 e. The van der Waals surface area contributed by atoms with Crippen molar-refractivity contribution in [1.82, 2.24) is 5.32 Å². The number of carbonyl (C=O) groups is 2. The fourth-order valence-electron chi connectivity index (χ4n) is 3.90. The van der Waals surface area contributed by atoms with Crippen molar-refractivity contribution in [2.45, 2.75) is 37.8 Å². The molecule has 2 aromatic rings. The van der Waals surface area contributed by atoms with Crippen LogP contribution >= 0.6 is 0 Å². The van der Waals surface area contributed by atoms with E-state index in [0.29, 0.717) is 29.4 Å². The SMILES string of the molecule is COc1ccc(-c2ccc3c(c2)CNC3=O)c(OCC2(OC(=O)C3CC3)CC2)c1OC. The molecule has 1 N–H and O–H groups in total. The quantitative estimate of drug-likeness (QED) is 0.655. The van der Waals surface area contributed by atoms with Gasteiger partial charge in [0.05, 0.1) is 20.1 Å². The van der Waals surface area contributed by atoms with Gasteiger partial charge < -0.3 is 24.3 Å². The Hall–Kier alpha value is -3.22. The van der Waals surface area contributed by atoms with Crippen molar-refractivity contribution in [1.29, 1.82) is 0 Å². The van der Waals surface area contributed by atoms with E-state index in [-0.39, 0.29) is 24.4 Å². The summed E-state index contributed by atoms with van der Waals surface area (Å²) >= 11 is 0. The molecule has 2 aliphatic carbocycles. The summed E-state index contributed by atoms with van der Waals surface area (Å²) in [4.78, 5) is 24.1. The van der Waals surface area contributed by atoms with Crippen LogP contribution in [0.3, 0.4) is 0 Å². The number of amides is 1. The van der Waals surface area contributed by atoms with Crippen molar-refractivity contribution in [2.75, 3.05) is 20.8 Å². The molecule has 3 aliphatic rings. The van der Waals surface area contributed by atoms with Gasteiger partial charge >= 0.3 is 5.97 Å². The van der Waals surface area contributed by atoms with E-state index in [9.17, 15) is 9.59 Å². The lowest BCUT2D eigenvalue weighted by Gasteiger charge is -2.22. The number of fused-ring (bicyclic) bond motifs is 1. The molecule has 2 fully saturated rings. The number of ether oxygens (including phenoxy) is 4. The van der Waals surface area contributed by atoms with Crippen LogP contribution < -0.4 is 19.5 Å². The molecule has 0 unspecified atom stereocenters. The molecular weight excluding hydrogens is 398 g/mol. The van der Waals surface area contributed by atoms with Gasteiger partial charge in [0.2, 0.25) is 5.75 Å². The Morgan fingerprint density at radius 3 is 2.52 bits per heavy atom. The molecule has 5 rings (SSSR count). The predicted molar refractivity (Wildman–Crippen MR) is 112 cm³/mol. The summed E-state index contributed by atoms with van der Waals surface area (Å²) in [6.45, 7) is 0.763. The third-order valence-corrected chi connectivity index (χ3v) is 6.12. The summed E-state index contributed by atoms with van der Waals surface area (Å²) in [5.74, 6) is 1.46. The number of methoxy groups -OCH3 is 2. The fraction of sp³-hybridized carbons (Fsp3) is 0.417. The van der Waals surface area contributed by atoms with E-state index in [1.54, 1.807) is 14.2 Å². The summed E-state index contributed by atoms with van der Waals surface area (Å²) in [6, 6.07) is 9.46. The van der Waals surface area contributed by atoms with Crippen LogP contribution in [0.1, 0.15) is 41.6 Å². The first-order valence-corrected chi connectivity index (χ1v) is 10.6. The molecule has 0 bridgehead atoms. The Kier molecular flexibility index (Phi) is 4.76. The monoisotopic (exact) mass is 423 g/mol. The maximum absolute atomic E-state index is 12.2. The van der Waals surface area contributed by atoms with Gasteiger partial charge in [-0.1, -0.05) is 6.07 Å². The fourth-order valence-corrected chi connectivity index (χ4v) is 3.90. The molecule has 2 saturated carbocycles. The lowest BCUT2D eigenvalue weighted by molar-refractivity contribution is -0.154. The van der Waals surface area contributed by atoms with Gasteiger partial charge in [-0.15, -0.1) is 0 Å². The molecule has 31 heavy (non-hydrogen) atoms. The van der Waals surface area contributed by atoms with Gasteiger partial charge in [-0.25, -0.2) is 0 Å². The molecule has 0 spiro atoms. The van der Waals surface area contributed by atoms with Gasteiger partial charge in [-0.05, 0) is 61.1 Å². The largest absolute Gasteiger partial charge is 0.493 e. The molecule has 0 radical (unpaired) electrons. The Labute approximate surface area is 180 Å². The van der Waals surface area contributed by atoms with Crippen LogP contribution in [0.25, 0.3) is 11.1 Å². The molecule has 1 heterocycles. The highest BCUT2D eigenvalue weighted by molar-refractivity contribution is 5.99. The van der Waals surface area contributed by atoms with Crippen molar-refractivity contribution in [2.24, 2.45) is 5.92 Å². The zero-order chi connectivity index (χ0) is 21.6. The summed E-state index contributed by atoms with van der Waals surface area (Å²) in [6.07, 6.45) is 3.41. The third kappa shape index (κ3) is 3.69. The Balaban J connectivity index is 1.46. The number of nitrogens with one attached hydrogen (secondary N) is 1. The molecule has 7 heteroatoms. The number of hydrogen-bond donors (Lipinski definition) is 1. The molecule has 0 aromatic heterocycles. The molecule has 0 saturated heterocycles. The summed E-state index contributed by atoms with van der Waals surface area (Å²) in [5, 5.41) is 2.84. The van der Waals surface area contributed by atoms with Crippen molar-refractivity contribution >= 4 is 11.9 Å². The Bertz CT molecular complexity index is 1050. The van der Waals surface area contributed by atoms with Crippen molar-refractivity contribution in [3.05, 3.63) is 41.5 Å². The maximum atomic E-state index is 12.2. The van der Waals surface area contributed by atoms with Crippen molar-refractivity contribution in [3.8, 4) is 28.4 Å². The number of esters is 1. The highest BCUT2D eigenvalue weighted by Gasteiger charge is 2.50. The van der Waals surface area contributed by atoms with Crippen LogP contribution in [0.2, 0.25) is 0 Å². The topological polar surface area (TPSA) is 83.1 Å². The van der Waals surface area contributed by atoms with Gasteiger partial charge in [0.25, 0.3) is 5.91 Å². The summed E-state index contributed by atoms with van der Waals surface area (Å²) in [5.41, 5.74) is 2.81. The molecule has 2 aromatic carbocycles. The van der Waals surface area contributed by atoms with Crippen LogP contribution in [0, 0.1) is 5.92 Å². The van der Waals surface area contributed by atoms with E-state index in [2.05, 4.69) is 5.32 Å². The molecule has 1 amide bonds. The van der Waals surface area contributed by atoms with Gasteiger partial charge in [0, 0.05) is 17.7 Å². The minimum atomic E-state index is -0.556. The summed E-state index contributed by atoms with van der Waals surface area (Å²) in [7, 11) is 3.15. The molecular formula is C24H25NO6. The highest BCUT2D eigenvalue weighted by Crippen LogP contribution is 2.48. The summed E-state index contributed by atoms with van der Waals surface area (Å²) < 4.78 is 23.1. The van der Waals surface area contributed by atoms with Gasteiger partial charge in [-0.3, -0.25) is 9.59 Å². The number of benzene rings is 2. The first-order valence-electron chi connectivity index (χ1n) is 10.6. The molecule has 162 valence electrons. The second-order valence-corrected chi connectivity index (χ2v) is 8.40. The number of rotatable bonds is 8. The van der Waals surface area contributed by atoms with Crippen LogP contribution in [0.5, 0.6) is 17.2 Å². The van der Waals surface area contributed by atoms with E-state index in [0.717, 1.165) is 42.4 Å². The van der Waals surface area contributed by atoms with E-state index in [1.807, 2.05) is 30.3 Å². The minimum absolute atomic E-state index is 0.0570.